The van der Waals surface area contributed by atoms with Crippen molar-refractivity contribution in [3.8, 4) is 0 Å². The van der Waals surface area contributed by atoms with E-state index < -0.39 is 0 Å². The van der Waals surface area contributed by atoms with Gasteiger partial charge in [0.15, 0.2) is 0 Å². The van der Waals surface area contributed by atoms with E-state index in [1.54, 1.807) is 0 Å². The fourth-order valence-corrected chi connectivity index (χ4v) is 2.46. The van der Waals surface area contributed by atoms with E-state index in [2.05, 4.69) is 40.7 Å². The minimum absolute atomic E-state index is 0.0404. The lowest BCUT2D eigenvalue weighted by atomic mass is 9.78. The number of hydrogen-bond donors (Lipinski definition) is 0. The number of allylic oxidation sites excluding steroid dienone is 1. The van der Waals surface area contributed by atoms with Gasteiger partial charge in [-0.05, 0) is 59.0 Å². The van der Waals surface area contributed by atoms with Crippen LogP contribution in [0, 0.1) is 5.92 Å². The first kappa shape index (κ1) is 13.7. The summed E-state index contributed by atoms with van der Waals surface area (Å²) < 4.78 is 11.6. The Bertz CT molecular complexity index is 243. The van der Waals surface area contributed by atoms with Crippen molar-refractivity contribution >= 4 is 0 Å². The average molecular weight is 226 g/mol. The van der Waals surface area contributed by atoms with Crippen LogP contribution in [0.15, 0.2) is 11.6 Å². The van der Waals surface area contributed by atoms with Gasteiger partial charge >= 0.3 is 0 Å². The zero-order valence-electron chi connectivity index (χ0n) is 11.4. The average Bonchev–Trinajstić information content (AvgIpc) is 2.21. The van der Waals surface area contributed by atoms with E-state index in [0.717, 1.165) is 26.1 Å². The first-order valence-corrected chi connectivity index (χ1v) is 6.43. The predicted molar refractivity (Wildman–Crippen MR) is 67.6 cm³/mol. The first-order valence-electron chi connectivity index (χ1n) is 6.43. The third kappa shape index (κ3) is 3.33. The normalized spacial score (nSPS) is 26.7. The van der Waals surface area contributed by atoms with Gasteiger partial charge in [-0.25, -0.2) is 0 Å². The van der Waals surface area contributed by atoms with Crippen LogP contribution in [0.5, 0.6) is 0 Å². The van der Waals surface area contributed by atoms with Crippen molar-refractivity contribution in [2.45, 2.75) is 59.2 Å². The molecule has 2 nitrogen and oxygen atoms in total. The monoisotopic (exact) mass is 226 g/mol. The number of hydrogen-bond acceptors (Lipinski definition) is 2. The Labute approximate surface area is 100 Å². The summed E-state index contributed by atoms with van der Waals surface area (Å²) in [6, 6.07) is 0. The van der Waals surface area contributed by atoms with Crippen molar-refractivity contribution in [1.82, 2.24) is 0 Å². The highest BCUT2D eigenvalue weighted by Crippen LogP contribution is 2.35. The predicted octanol–water partition coefficient (Wildman–Crippen LogP) is 3.56. The van der Waals surface area contributed by atoms with Gasteiger partial charge in [0.2, 0.25) is 0 Å². The van der Waals surface area contributed by atoms with Crippen molar-refractivity contribution in [2.24, 2.45) is 5.92 Å². The zero-order chi connectivity index (χ0) is 12.2. The first-order chi connectivity index (χ1) is 7.51. The highest BCUT2D eigenvalue weighted by atomic mass is 16.5. The van der Waals surface area contributed by atoms with E-state index in [9.17, 15) is 0 Å². The van der Waals surface area contributed by atoms with E-state index in [-0.39, 0.29) is 5.60 Å². The van der Waals surface area contributed by atoms with Crippen LogP contribution in [-0.4, -0.2) is 24.9 Å². The van der Waals surface area contributed by atoms with Crippen LogP contribution >= 0.6 is 0 Å². The minimum Gasteiger partial charge on any atom is -0.376 e. The molecule has 0 aromatic rings. The topological polar surface area (TPSA) is 18.5 Å². The Morgan fingerprint density at radius 3 is 2.56 bits per heavy atom. The molecule has 2 unspecified atom stereocenters. The smallest absolute Gasteiger partial charge is 0.0786 e. The lowest BCUT2D eigenvalue weighted by Gasteiger charge is -2.38. The van der Waals surface area contributed by atoms with E-state index in [4.69, 9.17) is 9.47 Å². The SMILES string of the molecule is CCOC1CC(C(C)(C)OCC)CC=C1C. The van der Waals surface area contributed by atoms with Crippen LogP contribution in [0.4, 0.5) is 0 Å². The lowest BCUT2D eigenvalue weighted by Crippen LogP contribution is -2.39. The second-order valence-corrected chi connectivity index (χ2v) is 5.10. The molecule has 0 aromatic carbocycles. The van der Waals surface area contributed by atoms with Gasteiger partial charge in [0.05, 0.1) is 11.7 Å². The molecule has 0 aromatic heterocycles. The maximum absolute atomic E-state index is 5.85. The molecule has 1 aliphatic carbocycles. The van der Waals surface area contributed by atoms with Gasteiger partial charge in [-0.15, -0.1) is 0 Å². The fourth-order valence-electron chi connectivity index (χ4n) is 2.46. The van der Waals surface area contributed by atoms with Gasteiger partial charge in [0, 0.05) is 13.2 Å². The van der Waals surface area contributed by atoms with Gasteiger partial charge in [-0.3, -0.25) is 0 Å². The third-order valence-electron chi connectivity index (χ3n) is 3.60. The summed E-state index contributed by atoms with van der Waals surface area (Å²) in [5.41, 5.74) is 1.34. The van der Waals surface area contributed by atoms with Gasteiger partial charge in [-0.2, -0.15) is 0 Å². The molecule has 0 saturated carbocycles. The van der Waals surface area contributed by atoms with Crippen molar-refractivity contribution < 1.29 is 9.47 Å². The molecular weight excluding hydrogens is 200 g/mol. The summed E-state index contributed by atoms with van der Waals surface area (Å²) in [5.74, 6) is 0.563. The van der Waals surface area contributed by atoms with Gasteiger partial charge in [0.1, 0.15) is 0 Å². The van der Waals surface area contributed by atoms with E-state index in [0.29, 0.717) is 12.0 Å². The van der Waals surface area contributed by atoms with E-state index in [1.807, 2.05) is 0 Å². The molecular formula is C14H26O2. The highest BCUT2D eigenvalue weighted by molar-refractivity contribution is 5.11. The molecule has 0 fully saturated rings. The molecule has 0 spiro atoms. The molecule has 0 N–H and O–H groups in total. The van der Waals surface area contributed by atoms with Crippen LogP contribution in [0.2, 0.25) is 0 Å². The quantitative estimate of drug-likeness (QED) is 0.667. The molecule has 2 heteroatoms. The fraction of sp³-hybridized carbons (Fsp3) is 0.857. The van der Waals surface area contributed by atoms with Crippen LogP contribution in [0.25, 0.3) is 0 Å². The van der Waals surface area contributed by atoms with Crippen LogP contribution < -0.4 is 0 Å². The molecule has 1 aliphatic rings. The Kier molecular flexibility index (Phi) is 5.00. The highest BCUT2D eigenvalue weighted by Gasteiger charge is 2.34. The molecule has 0 saturated heterocycles. The Morgan fingerprint density at radius 1 is 1.31 bits per heavy atom. The molecule has 0 radical (unpaired) electrons. The zero-order valence-corrected chi connectivity index (χ0v) is 11.4. The van der Waals surface area contributed by atoms with E-state index >= 15 is 0 Å². The van der Waals surface area contributed by atoms with Gasteiger partial charge < -0.3 is 9.47 Å². The summed E-state index contributed by atoms with van der Waals surface area (Å²) in [5, 5.41) is 0. The third-order valence-corrected chi connectivity index (χ3v) is 3.60. The summed E-state index contributed by atoms with van der Waals surface area (Å²) in [6.07, 6.45) is 4.81. The maximum Gasteiger partial charge on any atom is 0.0786 e. The molecule has 1 rings (SSSR count). The molecule has 0 amide bonds. The largest absolute Gasteiger partial charge is 0.376 e. The van der Waals surface area contributed by atoms with Crippen molar-refractivity contribution in [1.29, 1.82) is 0 Å². The lowest BCUT2D eigenvalue weighted by molar-refractivity contribution is -0.0718. The molecule has 2 atom stereocenters. The summed E-state index contributed by atoms with van der Waals surface area (Å²) >= 11 is 0. The second kappa shape index (κ2) is 5.83. The van der Waals surface area contributed by atoms with E-state index in [1.165, 1.54) is 5.57 Å². The number of rotatable bonds is 5. The maximum atomic E-state index is 5.85. The molecule has 0 bridgehead atoms. The van der Waals surface area contributed by atoms with Crippen molar-refractivity contribution in [3.63, 3.8) is 0 Å². The summed E-state index contributed by atoms with van der Waals surface area (Å²) in [6.45, 7) is 12.3. The molecule has 16 heavy (non-hydrogen) atoms. The Morgan fingerprint density at radius 2 is 2.00 bits per heavy atom. The molecule has 0 heterocycles. The van der Waals surface area contributed by atoms with Crippen molar-refractivity contribution in [2.75, 3.05) is 13.2 Å². The minimum atomic E-state index is -0.0404. The molecule has 0 aliphatic heterocycles. The summed E-state index contributed by atoms with van der Waals surface area (Å²) in [4.78, 5) is 0. The number of ether oxygens (including phenoxy) is 2. The van der Waals surface area contributed by atoms with Crippen LogP contribution in [0.1, 0.15) is 47.5 Å². The molecule has 94 valence electrons. The van der Waals surface area contributed by atoms with Crippen LogP contribution in [-0.2, 0) is 9.47 Å². The van der Waals surface area contributed by atoms with Gasteiger partial charge in [-0.1, -0.05) is 6.08 Å². The second-order valence-electron chi connectivity index (χ2n) is 5.10. The van der Waals surface area contributed by atoms with Crippen LogP contribution in [0.3, 0.4) is 0 Å². The standard InChI is InChI=1S/C14H26O2/c1-6-15-13-10-12(9-8-11(13)3)14(4,5)16-7-2/h8,12-13H,6-7,9-10H2,1-5H3. The summed E-state index contributed by atoms with van der Waals surface area (Å²) in [7, 11) is 0. The van der Waals surface area contributed by atoms with Gasteiger partial charge in [0.25, 0.3) is 0 Å². The Balaban J connectivity index is 2.65. The Hall–Kier alpha value is -0.340. The van der Waals surface area contributed by atoms with Crippen molar-refractivity contribution in [3.05, 3.63) is 11.6 Å².